The first-order valence-corrected chi connectivity index (χ1v) is 9.51. The molecule has 0 saturated heterocycles. The zero-order chi connectivity index (χ0) is 17.9. The molecule has 0 aliphatic heterocycles. The van der Waals surface area contributed by atoms with E-state index in [4.69, 9.17) is 4.99 Å². The van der Waals surface area contributed by atoms with Crippen molar-refractivity contribution in [1.82, 2.24) is 10.6 Å². The molecule has 4 atom stereocenters. The second-order valence-corrected chi connectivity index (χ2v) is 7.73. The monoisotopic (exact) mass is 347 g/mol. The lowest BCUT2D eigenvalue weighted by molar-refractivity contribution is 0.00716. The summed E-state index contributed by atoms with van der Waals surface area (Å²) >= 11 is 0. The SMILES string of the molecule is CCNC(=NCC1(C)CCCCC1O)NC1CC1c1ccccc1F. The zero-order valence-corrected chi connectivity index (χ0v) is 15.3. The van der Waals surface area contributed by atoms with Crippen LogP contribution in [0.1, 0.15) is 57.4 Å². The fraction of sp³-hybridized carbons (Fsp3) is 0.650. The number of aliphatic hydroxyl groups excluding tert-OH is 1. The largest absolute Gasteiger partial charge is 0.392 e. The number of rotatable bonds is 5. The number of benzene rings is 1. The fourth-order valence-electron chi connectivity index (χ4n) is 3.80. The molecule has 0 heterocycles. The maximum atomic E-state index is 13.9. The average molecular weight is 347 g/mol. The second kappa shape index (κ2) is 7.73. The molecule has 2 aliphatic carbocycles. The van der Waals surface area contributed by atoms with E-state index in [-0.39, 0.29) is 29.3 Å². The molecule has 0 radical (unpaired) electrons. The number of hydrogen-bond acceptors (Lipinski definition) is 2. The minimum Gasteiger partial charge on any atom is -0.392 e. The highest BCUT2D eigenvalue weighted by atomic mass is 19.1. The molecule has 2 saturated carbocycles. The summed E-state index contributed by atoms with van der Waals surface area (Å²) in [5.74, 6) is 0.850. The summed E-state index contributed by atoms with van der Waals surface area (Å²) < 4.78 is 13.9. The molecule has 2 fully saturated rings. The molecular formula is C20H30FN3O. The summed E-state index contributed by atoms with van der Waals surface area (Å²) in [6.07, 6.45) is 4.79. The van der Waals surface area contributed by atoms with Crippen LogP contribution in [0, 0.1) is 11.2 Å². The highest BCUT2D eigenvalue weighted by molar-refractivity contribution is 5.80. The maximum Gasteiger partial charge on any atom is 0.191 e. The Morgan fingerprint density at radius 2 is 2.16 bits per heavy atom. The Hall–Kier alpha value is -1.62. The number of aliphatic hydroxyl groups is 1. The van der Waals surface area contributed by atoms with Gasteiger partial charge in [0.2, 0.25) is 0 Å². The van der Waals surface area contributed by atoms with Gasteiger partial charge in [-0.25, -0.2) is 4.39 Å². The third-order valence-electron chi connectivity index (χ3n) is 5.64. The van der Waals surface area contributed by atoms with Crippen molar-refractivity contribution in [2.45, 2.75) is 64.0 Å². The Morgan fingerprint density at radius 1 is 1.36 bits per heavy atom. The summed E-state index contributed by atoms with van der Waals surface area (Å²) in [5.41, 5.74) is 0.639. The third kappa shape index (κ3) is 4.32. The number of aliphatic imine (C=N–C) groups is 1. The van der Waals surface area contributed by atoms with Crippen molar-refractivity contribution in [3.63, 3.8) is 0 Å². The van der Waals surface area contributed by atoms with Crippen molar-refractivity contribution in [2.24, 2.45) is 10.4 Å². The second-order valence-electron chi connectivity index (χ2n) is 7.73. The molecular weight excluding hydrogens is 317 g/mol. The van der Waals surface area contributed by atoms with Gasteiger partial charge in [-0.05, 0) is 37.8 Å². The van der Waals surface area contributed by atoms with Gasteiger partial charge in [0.25, 0.3) is 0 Å². The van der Waals surface area contributed by atoms with Crippen LogP contribution in [0.2, 0.25) is 0 Å². The van der Waals surface area contributed by atoms with Gasteiger partial charge in [-0.2, -0.15) is 0 Å². The molecule has 0 bridgehead atoms. The molecule has 3 N–H and O–H groups in total. The van der Waals surface area contributed by atoms with Gasteiger partial charge < -0.3 is 15.7 Å². The van der Waals surface area contributed by atoms with Crippen molar-refractivity contribution in [3.8, 4) is 0 Å². The minimum absolute atomic E-state index is 0.128. The van der Waals surface area contributed by atoms with E-state index in [9.17, 15) is 9.50 Å². The summed E-state index contributed by atoms with van der Waals surface area (Å²) in [7, 11) is 0. The molecule has 3 rings (SSSR count). The van der Waals surface area contributed by atoms with Crippen molar-refractivity contribution in [2.75, 3.05) is 13.1 Å². The van der Waals surface area contributed by atoms with Crippen LogP contribution in [-0.2, 0) is 0 Å². The number of nitrogens with zero attached hydrogens (tertiary/aromatic N) is 1. The van der Waals surface area contributed by atoms with Crippen LogP contribution in [0.3, 0.4) is 0 Å². The lowest BCUT2D eigenvalue weighted by Crippen LogP contribution is -2.42. The topological polar surface area (TPSA) is 56.7 Å². The van der Waals surface area contributed by atoms with Gasteiger partial charge in [-0.15, -0.1) is 0 Å². The van der Waals surface area contributed by atoms with E-state index in [1.807, 2.05) is 19.1 Å². The van der Waals surface area contributed by atoms with E-state index in [1.54, 1.807) is 6.07 Å². The fourth-order valence-corrected chi connectivity index (χ4v) is 3.80. The Morgan fingerprint density at radius 3 is 2.88 bits per heavy atom. The summed E-state index contributed by atoms with van der Waals surface area (Å²) in [4.78, 5) is 4.73. The van der Waals surface area contributed by atoms with E-state index in [1.165, 1.54) is 6.07 Å². The van der Waals surface area contributed by atoms with E-state index in [2.05, 4.69) is 17.6 Å². The number of halogens is 1. The van der Waals surface area contributed by atoms with Gasteiger partial charge in [-0.1, -0.05) is 38.0 Å². The van der Waals surface area contributed by atoms with Gasteiger partial charge in [0.05, 0.1) is 12.6 Å². The van der Waals surface area contributed by atoms with Gasteiger partial charge in [0.1, 0.15) is 5.82 Å². The molecule has 5 heteroatoms. The maximum absolute atomic E-state index is 13.9. The van der Waals surface area contributed by atoms with E-state index < -0.39 is 0 Å². The Kier molecular flexibility index (Phi) is 5.62. The predicted molar refractivity (Wildman–Crippen MR) is 99.2 cm³/mol. The molecule has 0 spiro atoms. The van der Waals surface area contributed by atoms with Crippen molar-refractivity contribution in [3.05, 3.63) is 35.6 Å². The van der Waals surface area contributed by atoms with Crippen LogP contribution >= 0.6 is 0 Å². The zero-order valence-electron chi connectivity index (χ0n) is 15.3. The van der Waals surface area contributed by atoms with Crippen LogP contribution in [0.5, 0.6) is 0 Å². The van der Waals surface area contributed by atoms with Crippen molar-refractivity contribution >= 4 is 5.96 Å². The first-order valence-electron chi connectivity index (χ1n) is 9.51. The normalized spacial score (nSPS) is 32.3. The highest BCUT2D eigenvalue weighted by Gasteiger charge is 2.41. The van der Waals surface area contributed by atoms with Crippen molar-refractivity contribution in [1.29, 1.82) is 0 Å². The number of guanidine groups is 1. The first kappa shape index (κ1) is 18.2. The van der Waals surface area contributed by atoms with Gasteiger partial charge in [0, 0.05) is 23.9 Å². The smallest absolute Gasteiger partial charge is 0.191 e. The van der Waals surface area contributed by atoms with Crippen LogP contribution < -0.4 is 10.6 Å². The number of hydrogen-bond donors (Lipinski definition) is 3. The molecule has 2 aliphatic rings. The Bertz CT molecular complexity index is 621. The van der Waals surface area contributed by atoms with E-state index >= 15 is 0 Å². The lowest BCUT2D eigenvalue weighted by atomic mass is 9.73. The summed E-state index contributed by atoms with van der Waals surface area (Å²) in [6.45, 7) is 5.56. The molecule has 4 unspecified atom stereocenters. The van der Waals surface area contributed by atoms with Gasteiger partial charge in [0.15, 0.2) is 5.96 Å². The van der Waals surface area contributed by atoms with Crippen LogP contribution in [0.4, 0.5) is 4.39 Å². The standard InChI is InChI=1S/C20H30FN3O/c1-3-22-19(23-13-20(2)11-7-6-10-18(20)25)24-17-12-15(17)14-8-4-5-9-16(14)21/h4-5,8-9,15,17-18,25H,3,6-7,10-13H2,1-2H3,(H2,22,23,24). The van der Waals surface area contributed by atoms with Crippen LogP contribution in [-0.4, -0.2) is 36.3 Å². The molecule has 0 aromatic heterocycles. The Balaban J connectivity index is 1.61. The minimum atomic E-state index is -0.278. The summed E-state index contributed by atoms with van der Waals surface area (Å²) in [5, 5.41) is 17.0. The average Bonchev–Trinajstić information content (AvgIpc) is 3.35. The first-order chi connectivity index (χ1) is 12.0. The lowest BCUT2D eigenvalue weighted by Gasteiger charge is -2.37. The van der Waals surface area contributed by atoms with Gasteiger partial charge in [-0.3, -0.25) is 4.99 Å². The van der Waals surface area contributed by atoms with E-state index in [0.29, 0.717) is 6.54 Å². The highest BCUT2D eigenvalue weighted by Crippen LogP contribution is 2.42. The molecule has 1 aromatic carbocycles. The van der Waals surface area contributed by atoms with E-state index in [0.717, 1.165) is 50.2 Å². The molecule has 4 nitrogen and oxygen atoms in total. The van der Waals surface area contributed by atoms with Crippen LogP contribution in [0.25, 0.3) is 0 Å². The third-order valence-corrected chi connectivity index (χ3v) is 5.64. The Labute approximate surface area is 149 Å². The van der Waals surface area contributed by atoms with Crippen LogP contribution in [0.15, 0.2) is 29.3 Å². The quantitative estimate of drug-likeness (QED) is 0.566. The summed E-state index contributed by atoms with van der Waals surface area (Å²) in [6, 6.07) is 7.23. The number of nitrogens with one attached hydrogen (secondary N) is 2. The molecule has 1 aromatic rings. The van der Waals surface area contributed by atoms with Gasteiger partial charge >= 0.3 is 0 Å². The van der Waals surface area contributed by atoms with Crippen molar-refractivity contribution < 1.29 is 9.50 Å². The molecule has 25 heavy (non-hydrogen) atoms. The molecule has 138 valence electrons. The molecule has 0 amide bonds. The predicted octanol–water partition coefficient (Wildman–Crippen LogP) is 3.18.